The Morgan fingerprint density at radius 3 is 2.45 bits per heavy atom. The van der Waals surface area contributed by atoms with E-state index in [1.807, 2.05) is 48.5 Å². The highest BCUT2D eigenvalue weighted by Crippen LogP contribution is 2.30. The lowest BCUT2D eigenvalue weighted by Gasteiger charge is -2.18. The molecule has 2 aromatic carbocycles. The summed E-state index contributed by atoms with van der Waals surface area (Å²) in [5.74, 6) is 1.48. The van der Waals surface area contributed by atoms with Crippen molar-refractivity contribution in [2.75, 3.05) is 27.6 Å². The van der Waals surface area contributed by atoms with Crippen molar-refractivity contribution in [2.45, 2.75) is 12.3 Å². The van der Waals surface area contributed by atoms with Crippen LogP contribution in [-0.2, 0) is 11.2 Å². The first-order chi connectivity index (χ1) is 10.8. The molecule has 0 bridgehead atoms. The number of hydrogen-bond donors (Lipinski definition) is 1. The average molecular weight is 302 g/mol. The molecule has 4 heteroatoms. The molecule has 0 aliphatic carbocycles. The molecular formula is C18H22O4. The number of rotatable bonds is 8. The van der Waals surface area contributed by atoms with Crippen LogP contribution in [0.3, 0.4) is 0 Å². The molecule has 0 aromatic heterocycles. The molecule has 0 saturated carbocycles. The van der Waals surface area contributed by atoms with Gasteiger partial charge in [-0.3, -0.25) is 0 Å². The third-order valence-corrected chi connectivity index (χ3v) is 3.56. The topological polar surface area (TPSA) is 47.9 Å². The highest BCUT2D eigenvalue weighted by Gasteiger charge is 2.15. The van der Waals surface area contributed by atoms with Crippen molar-refractivity contribution >= 4 is 0 Å². The molecule has 1 unspecified atom stereocenters. The Labute approximate surface area is 131 Å². The van der Waals surface area contributed by atoms with E-state index in [1.165, 1.54) is 0 Å². The van der Waals surface area contributed by atoms with E-state index < -0.39 is 0 Å². The second kappa shape index (κ2) is 8.41. The van der Waals surface area contributed by atoms with Crippen molar-refractivity contribution in [1.29, 1.82) is 0 Å². The van der Waals surface area contributed by atoms with E-state index in [2.05, 4.69) is 0 Å². The average Bonchev–Trinajstić information content (AvgIpc) is 2.59. The molecule has 0 aliphatic heterocycles. The van der Waals surface area contributed by atoms with Crippen LogP contribution >= 0.6 is 0 Å². The van der Waals surface area contributed by atoms with E-state index in [0.717, 1.165) is 22.6 Å². The van der Waals surface area contributed by atoms with Crippen LogP contribution in [-0.4, -0.2) is 32.7 Å². The van der Waals surface area contributed by atoms with Crippen molar-refractivity contribution in [3.8, 4) is 11.5 Å². The van der Waals surface area contributed by atoms with E-state index in [1.54, 1.807) is 14.2 Å². The Morgan fingerprint density at radius 1 is 1.05 bits per heavy atom. The summed E-state index contributed by atoms with van der Waals surface area (Å²) >= 11 is 0. The van der Waals surface area contributed by atoms with Crippen LogP contribution in [0.4, 0.5) is 0 Å². The zero-order chi connectivity index (χ0) is 15.8. The zero-order valence-corrected chi connectivity index (χ0v) is 13.0. The quantitative estimate of drug-likeness (QED) is 0.762. The number of hydrogen-bond acceptors (Lipinski definition) is 4. The highest BCUT2D eigenvalue weighted by atomic mass is 16.7. The van der Waals surface area contributed by atoms with Gasteiger partial charge in [0, 0.05) is 19.1 Å². The predicted octanol–water partition coefficient (Wildman–Crippen LogP) is 3.00. The fraction of sp³-hybridized carbons (Fsp3) is 0.333. The van der Waals surface area contributed by atoms with Gasteiger partial charge in [0.25, 0.3) is 0 Å². The summed E-state index contributed by atoms with van der Waals surface area (Å²) in [4.78, 5) is 0. The van der Waals surface area contributed by atoms with Crippen molar-refractivity contribution < 1.29 is 19.3 Å². The molecule has 2 aromatic rings. The summed E-state index contributed by atoms with van der Waals surface area (Å²) in [5, 5.41) is 9.72. The van der Waals surface area contributed by atoms with Gasteiger partial charge >= 0.3 is 0 Å². The Bertz CT molecular complexity index is 569. The summed E-state index contributed by atoms with van der Waals surface area (Å²) in [6.45, 7) is 0.259. The number of ether oxygens (including phenoxy) is 3. The van der Waals surface area contributed by atoms with Crippen molar-refractivity contribution in [2.24, 2.45) is 0 Å². The van der Waals surface area contributed by atoms with E-state index >= 15 is 0 Å². The second-order valence-electron chi connectivity index (χ2n) is 5.02. The molecule has 4 nitrogen and oxygen atoms in total. The first-order valence-corrected chi connectivity index (χ1v) is 7.23. The second-order valence-corrected chi connectivity index (χ2v) is 5.02. The third kappa shape index (κ3) is 4.23. The molecule has 0 fully saturated rings. The van der Waals surface area contributed by atoms with Gasteiger partial charge in [-0.1, -0.05) is 36.4 Å². The van der Waals surface area contributed by atoms with Crippen LogP contribution in [0.25, 0.3) is 0 Å². The van der Waals surface area contributed by atoms with Gasteiger partial charge in [0.05, 0.1) is 13.7 Å². The lowest BCUT2D eigenvalue weighted by Crippen LogP contribution is -2.10. The van der Waals surface area contributed by atoms with Gasteiger partial charge in [-0.2, -0.15) is 0 Å². The molecule has 0 saturated heterocycles. The molecule has 0 spiro atoms. The van der Waals surface area contributed by atoms with Crippen LogP contribution in [0, 0.1) is 0 Å². The minimum Gasteiger partial charge on any atom is -0.497 e. The van der Waals surface area contributed by atoms with Gasteiger partial charge in [-0.15, -0.1) is 0 Å². The fourth-order valence-corrected chi connectivity index (χ4v) is 2.37. The van der Waals surface area contributed by atoms with Crippen molar-refractivity contribution in [1.82, 2.24) is 0 Å². The molecule has 0 heterocycles. The molecular weight excluding hydrogens is 280 g/mol. The van der Waals surface area contributed by atoms with Crippen LogP contribution in [0.2, 0.25) is 0 Å². The van der Waals surface area contributed by atoms with Crippen LogP contribution in [0.5, 0.6) is 11.5 Å². The summed E-state index contributed by atoms with van der Waals surface area (Å²) < 4.78 is 15.8. The van der Waals surface area contributed by atoms with E-state index in [4.69, 9.17) is 14.2 Å². The monoisotopic (exact) mass is 302 g/mol. The SMILES string of the molecule is COCOc1cc(OC)ccc1CC(CO)c1ccccc1. The highest BCUT2D eigenvalue weighted by molar-refractivity contribution is 5.42. The van der Waals surface area contributed by atoms with Crippen molar-refractivity contribution in [3.63, 3.8) is 0 Å². The normalized spacial score (nSPS) is 12.0. The first-order valence-electron chi connectivity index (χ1n) is 7.23. The zero-order valence-electron chi connectivity index (χ0n) is 13.0. The fourth-order valence-electron chi connectivity index (χ4n) is 2.37. The van der Waals surface area contributed by atoms with Gasteiger partial charge in [-0.25, -0.2) is 0 Å². The van der Waals surface area contributed by atoms with Gasteiger partial charge in [0.15, 0.2) is 6.79 Å². The molecule has 0 radical (unpaired) electrons. The maximum absolute atomic E-state index is 9.72. The lowest BCUT2D eigenvalue weighted by atomic mass is 9.92. The van der Waals surface area contributed by atoms with Crippen LogP contribution in [0.15, 0.2) is 48.5 Å². The van der Waals surface area contributed by atoms with Gasteiger partial charge < -0.3 is 19.3 Å². The predicted molar refractivity (Wildman–Crippen MR) is 85.5 cm³/mol. The minimum absolute atomic E-state index is 0.0273. The van der Waals surface area contributed by atoms with E-state index in [-0.39, 0.29) is 19.3 Å². The number of benzene rings is 2. The summed E-state index contributed by atoms with van der Waals surface area (Å²) in [5.41, 5.74) is 2.12. The van der Waals surface area contributed by atoms with Gasteiger partial charge in [0.1, 0.15) is 11.5 Å². The largest absolute Gasteiger partial charge is 0.497 e. The standard InChI is InChI=1S/C18H22O4/c1-20-13-22-18-11-17(21-2)9-8-15(18)10-16(12-19)14-6-4-3-5-7-14/h3-9,11,16,19H,10,12-13H2,1-2H3. The Kier molecular flexibility index (Phi) is 6.25. The van der Waals surface area contributed by atoms with Crippen molar-refractivity contribution in [3.05, 3.63) is 59.7 Å². The molecule has 22 heavy (non-hydrogen) atoms. The Hall–Kier alpha value is -2.04. The molecule has 0 amide bonds. The lowest BCUT2D eigenvalue weighted by molar-refractivity contribution is 0.0501. The van der Waals surface area contributed by atoms with Gasteiger partial charge in [0.2, 0.25) is 0 Å². The Morgan fingerprint density at radius 2 is 1.82 bits per heavy atom. The summed E-state index contributed by atoms with van der Waals surface area (Å²) in [6.07, 6.45) is 0.684. The van der Waals surface area contributed by atoms with Crippen LogP contribution in [0.1, 0.15) is 17.0 Å². The molecule has 0 aliphatic rings. The maximum atomic E-state index is 9.72. The van der Waals surface area contributed by atoms with Gasteiger partial charge in [-0.05, 0) is 23.6 Å². The molecule has 1 N–H and O–H groups in total. The maximum Gasteiger partial charge on any atom is 0.188 e. The number of aliphatic hydroxyl groups excluding tert-OH is 1. The smallest absolute Gasteiger partial charge is 0.188 e. The summed E-state index contributed by atoms with van der Waals surface area (Å²) in [7, 11) is 3.20. The summed E-state index contributed by atoms with van der Waals surface area (Å²) in [6, 6.07) is 15.7. The number of aliphatic hydroxyl groups is 1. The number of methoxy groups -OCH3 is 2. The van der Waals surface area contributed by atoms with E-state index in [0.29, 0.717) is 6.42 Å². The molecule has 1 atom stereocenters. The molecule has 118 valence electrons. The molecule has 2 rings (SSSR count). The minimum atomic E-state index is 0.0273. The van der Waals surface area contributed by atoms with Crippen LogP contribution < -0.4 is 9.47 Å². The Balaban J connectivity index is 2.22. The first kappa shape index (κ1) is 16.3. The van der Waals surface area contributed by atoms with E-state index in [9.17, 15) is 5.11 Å². The third-order valence-electron chi connectivity index (χ3n) is 3.56.